The molecule has 0 aromatic heterocycles. The van der Waals surface area contributed by atoms with E-state index < -0.39 is 15.8 Å². The van der Waals surface area contributed by atoms with Crippen molar-refractivity contribution in [2.45, 2.75) is 9.79 Å². The molecule has 1 aromatic rings. The third kappa shape index (κ3) is 4.10. The average Bonchev–Trinajstić information content (AvgIpc) is 2.29. The average molecular weight is 325 g/mol. The Bertz CT molecular complexity index is 583. The second-order valence-electron chi connectivity index (χ2n) is 3.67. The lowest BCUT2D eigenvalue weighted by Gasteiger charge is -2.11. The summed E-state index contributed by atoms with van der Waals surface area (Å²) < 4.78 is 28.2. The van der Waals surface area contributed by atoms with Crippen molar-refractivity contribution in [1.82, 2.24) is 0 Å². The fourth-order valence-electron chi connectivity index (χ4n) is 1.36. The van der Waals surface area contributed by atoms with Crippen molar-refractivity contribution in [2.75, 3.05) is 25.7 Å². The topological polar surface area (TPSA) is 80.7 Å². The summed E-state index contributed by atoms with van der Waals surface area (Å²) in [6, 6.07) is 2.46. The largest absolute Gasteiger partial charge is 0.478 e. The summed E-state index contributed by atoms with van der Waals surface area (Å²) in [5.74, 6) is -0.722. The van der Waals surface area contributed by atoms with Crippen molar-refractivity contribution in [2.24, 2.45) is 0 Å². The Morgan fingerprint density at radius 1 is 1.47 bits per heavy atom. The van der Waals surface area contributed by atoms with Crippen molar-refractivity contribution < 1.29 is 23.1 Å². The van der Waals surface area contributed by atoms with Gasteiger partial charge in [-0.3, -0.25) is 0 Å². The number of thioether (sulfide) groups is 1. The van der Waals surface area contributed by atoms with Gasteiger partial charge < -0.3 is 9.84 Å². The second kappa shape index (κ2) is 6.60. The first-order valence-corrected chi connectivity index (χ1v) is 8.42. The van der Waals surface area contributed by atoms with Crippen molar-refractivity contribution >= 4 is 39.2 Å². The first kappa shape index (κ1) is 16.3. The minimum atomic E-state index is -3.47. The number of hydrogen-bond acceptors (Lipinski definition) is 5. The molecule has 0 radical (unpaired) electrons. The zero-order valence-corrected chi connectivity index (χ0v) is 12.7. The molecule has 8 heteroatoms. The number of rotatable bonds is 6. The lowest BCUT2D eigenvalue weighted by molar-refractivity contribution is 0.0696. The second-order valence-corrected chi connectivity index (χ2v) is 7.14. The predicted molar refractivity (Wildman–Crippen MR) is 74.1 cm³/mol. The standard InChI is InChI=1S/C11H13ClO5S2/c1-17-5-6-18-10-8(19(2,15)16)4-3-7(9(10)12)11(13)14/h3-4H,5-6H2,1-2H3,(H,13,14). The molecule has 0 saturated heterocycles. The maximum Gasteiger partial charge on any atom is 0.337 e. The Balaban J connectivity index is 3.34. The molecular formula is C11H13ClO5S2. The highest BCUT2D eigenvalue weighted by Gasteiger charge is 2.21. The van der Waals surface area contributed by atoms with E-state index in [9.17, 15) is 13.2 Å². The van der Waals surface area contributed by atoms with Gasteiger partial charge in [0.15, 0.2) is 9.84 Å². The van der Waals surface area contributed by atoms with Crippen LogP contribution < -0.4 is 0 Å². The monoisotopic (exact) mass is 324 g/mol. The van der Waals surface area contributed by atoms with E-state index in [2.05, 4.69) is 0 Å². The molecule has 0 fully saturated rings. The zero-order valence-electron chi connectivity index (χ0n) is 10.3. The number of benzene rings is 1. The molecule has 1 rings (SSSR count). The van der Waals surface area contributed by atoms with Crippen molar-refractivity contribution in [3.63, 3.8) is 0 Å². The van der Waals surface area contributed by atoms with Crippen LogP contribution in [0.15, 0.2) is 21.9 Å². The van der Waals surface area contributed by atoms with Crippen molar-refractivity contribution in [3.8, 4) is 0 Å². The SMILES string of the molecule is COCCSc1c(S(C)(=O)=O)ccc(C(=O)O)c1Cl. The highest BCUT2D eigenvalue weighted by molar-refractivity contribution is 8.00. The van der Waals surface area contributed by atoms with E-state index in [4.69, 9.17) is 21.4 Å². The summed E-state index contributed by atoms with van der Waals surface area (Å²) in [6.07, 6.45) is 1.06. The predicted octanol–water partition coefficient (Wildman–Crippen LogP) is 2.18. The number of halogens is 1. The fraction of sp³-hybridized carbons (Fsp3) is 0.364. The van der Waals surface area contributed by atoms with Gasteiger partial charge in [-0.25, -0.2) is 13.2 Å². The number of carboxylic acids is 1. The van der Waals surface area contributed by atoms with E-state index in [1.807, 2.05) is 0 Å². The first-order chi connectivity index (χ1) is 8.79. The van der Waals surface area contributed by atoms with E-state index in [0.29, 0.717) is 12.4 Å². The lowest BCUT2D eigenvalue weighted by atomic mass is 10.2. The summed E-state index contributed by atoms with van der Waals surface area (Å²) in [5, 5.41) is 8.93. The van der Waals surface area contributed by atoms with E-state index in [0.717, 1.165) is 18.0 Å². The zero-order chi connectivity index (χ0) is 14.6. The number of carbonyl (C=O) groups is 1. The highest BCUT2D eigenvalue weighted by Crippen LogP contribution is 2.36. The molecule has 19 heavy (non-hydrogen) atoms. The molecular weight excluding hydrogens is 312 g/mol. The molecule has 1 aromatic carbocycles. The first-order valence-electron chi connectivity index (χ1n) is 5.16. The van der Waals surface area contributed by atoms with Crippen molar-refractivity contribution in [3.05, 3.63) is 22.7 Å². The molecule has 0 aliphatic heterocycles. The van der Waals surface area contributed by atoms with Crippen LogP contribution in [0.4, 0.5) is 0 Å². The van der Waals surface area contributed by atoms with Crippen LogP contribution in [-0.2, 0) is 14.6 Å². The molecule has 0 amide bonds. The van der Waals surface area contributed by atoms with Gasteiger partial charge in [0.05, 0.1) is 22.1 Å². The van der Waals surface area contributed by atoms with E-state index in [-0.39, 0.29) is 20.4 Å². The summed E-state index contributed by atoms with van der Waals surface area (Å²) >= 11 is 7.14. The van der Waals surface area contributed by atoms with Gasteiger partial charge in [-0.2, -0.15) is 0 Å². The lowest BCUT2D eigenvalue weighted by Crippen LogP contribution is -2.05. The Hall–Kier alpha value is -0.760. The molecule has 5 nitrogen and oxygen atoms in total. The van der Waals surface area contributed by atoms with Crippen LogP contribution in [0.2, 0.25) is 5.02 Å². The quantitative estimate of drug-likeness (QED) is 0.638. The molecule has 0 aliphatic carbocycles. The smallest absolute Gasteiger partial charge is 0.337 e. The number of hydrogen-bond donors (Lipinski definition) is 1. The summed E-state index contributed by atoms with van der Waals surface area (Å²) in [7, 11) is -1.95. The molecule has 0 aliphatic rings. The van der Waals surface area contributed by atoms with Crippen molar-refractivity contribution in [1.29, 1.82) is 0 Å². The van der Waals surface area contributed by atoms with Gasteiger partial charge in [0, 0.05) is 24.0 Å². The van der Waals surface area contributed by atoms with Gasteiger partial charge in [0.2, 0.25) is 0 Å². The minimum Gasteiger partial charge on any atom is -0.478 e. The Kier molecular flexibility index (Phi) is 5.66. The minimum absolute atomic E-state index is 0.0311. The molecule has 0 saturated carbocycles. The van der Waals surface area contributed by atoms with Gasteiger partial charge in [-0.1, -0.05) is 11.6 Å². The van der Waals surface area contributed by atoms with Crippen LogP contribution >= 0.6 is 23.4 Å². The van der Waals surface area contributed by atoms with E-state index >= 15 is 0 Å². The summed E-state index contributed by atoms with van der Waals surface area (Å²) in [5.41, 5.74) is -0.117. The van der Waals surface area contributed by atoms with E-state index in [1.54, 1.807) is 0 Å². The number of ether oxygens (including phenoxy) is 1. The molecule has 0 bridgehead atoms. The third-order valence-corrected chi connectivity index (χ3v) is 5.08. The van der Waals surface area contributed by atoms with Crippen LogP contribution in [-0.4, -0.2) is 45.2 Å². The Morgan fingerprint density at radius 3 is 2.58 bits per heavy atom. The maximum absolute atomic E-state index is 11.7. The highest BCUT2D eigenvalue weighted by atomic mass is 35.5. The van der Waals surface area contributed by atoms with Gasteiger partial charge in [0.1, 0.15) is 0 Å². The van der Waals surface area contributed by atoms with E-state index in [1.165, 1.54) is 19.2 Å². The normalized spacial score (nSPS) is 11.5. The van der Waals surface area contributed by atoms with Gasteiger partial charge in [0.25, 0.3) is 0 Å². The molecule has 0 atom stereocenters. The van der Waals surface area contributed by atoms with Crippen LogP contribution in [0, 0.1) is 0 Å². The van der Waals surface area contributed by atoms with Gasteiger partial charge in [-0.05, 0) is 12.1 Å². The summed E-state index contributed by atoms with van der Waals surface area (Å²) in [6.45, 7) is 0.404. The number of aromatic carboxylic acids is 1. The van der Waals surface area contributed by atoms with Crippen LogP contribution in [0.3, 0.4) is 0 Å². The number of sulfone groups is 1. The maximum atomic E-state index is 11.7. The molecule has 0 unspecified atom stereocenters. The van der Waals surface area contributed by atoms with Crippen LogP contribution in [0.5, 0.6) is 0 Å². The van der Waals surface area contributed by atoms with Gasteiger partial charge >= 0.3 is 5.97 Å². The molecule has 0 spiro atoms. The summed E-state index contributed by atoms with van der Waals surface area (Å²) in [4.78, 5) is 11.3. The number of carboxylic acid groups (broad SMARTS) is 1. The molecule has 0 heterocycles. The van der Waals surface area contributed by atoms with Gasteiger partial charge in [-0.15, -0.1) is 11.8 Å². The Morgan fingerprint density at radius 2 is 2.11 bits per heavy atom. The molecule has 106 valence electrons. The fourth-order valence-corrected chi connectivity index (χ4v) is 4.11. The Labute approximate surface area is 120 Å². The molecule has 1 N–H and O–H groups in total. The van der Waals surface area contributed by atoms with Crippen LogP contribution in [0.1, 0.15) is 10.4 Å². The number of methoxy groups -OCH3 is 1. The van der Waals surface area contributed by atoms with Crippen LogP contribution in [0.25, 0.3) is 0 Å². The third-order valence-electron chi connectivity index (χ3n) is 2.22.